The van der Waals surface area contributed by atoms with Gasteiger partial charge in [-0.1, -0.05) is 6.07 Å². The van der Waals surface area contributed by atoms with Crippen LogP contribution in [-0.4, -0.2) is 33.5 Å². The molecule has 0 radical (unpaired) electrons. The van der Waals surface area contributed by atoms with Gasteiger partial charge >= 0.3 is 0 Å². The van der Waals surface area contributed by atoms with Gasteiger partial charge in [-0.05, 0) is 36.4 Å². The summed E-state index contributed by atoms with van der Waals surface area (Å²) in [5.41, 5.74) is 5.47. The average molecular weight is 358 g/mol. The fourth-order valence-corrected chi connectivity index (χ4v) is 3.68. The van der Waals surface area contributed by atoms with Gasteiger partial charge < -0.3 is 10.8 Å². The first-order valence-electron chi connectivity index (χ1n) is 6.19. The van der Waals surface area contributed by atoms with Crippen LogP contribution in [0.1, 0.15) is 0 Å². The molecule has 23 heavy (non-hydrogen) atoms. The van der Waals surface area contributed by atoms with Crippen molar-refractivity contribution >= 4 is 31.5 Å². The van der Waals surface area contributed by atoms with Gasteiger partial charge in [0.05, 0.1) is 16.3 Å². The summed E-state index contributed by atoms with van der Waals surface area (Å²) in [6.45, 7) is 0. The van der Waals surface area contributed by atoms with Crippen LogP contribution in [0.3, 0.4) is 0 Å². The topological polar surface area (TPSA) is 138 Å². The molecule has 0 atom stereocenters. The van der Waals surface area contributed by atoms with Gasteiger partial charge in [0.15, 0.2) is 0 Å². The van der Waals surface area contributed by atoms with Crippen molar-refractivity contribution in [3.8, 4) is 5.75 Å². The second kappa shape index (κ2) is 5.72. The Morgan fingerprint density at radius 3 is 2.09 bits per heavy atom. The van der Waals surface area contributed by atoms with E-state index in [0.717, 1.165) is 16.4 Å². The van der Waals surface area contributed by atoms with E-state index in [1.807, 2.05) is 0 Å². The SMILES string of the molecule is CN(c1ccc(S(=O)(=O)O)cc1)S(=O)(=O)c1cccc(O)c1N. The molecule has 0 bridgehead atoms. The third kappa shape index (κ3) is 3.23. The van der Waals surface area contributed by atoms with Gasteiger partial charge in [-0.15, -0.1) is 0 Å². The van der Waals surface area contributed by atoms with E-state index in [2.05, 4.69) is 0 Å². The minimum absolute atomic E-state index is 0.153. The largest absolute Gasteiger partial charge is 0.506 e. The third-order valence-corrected chi connectivity index (χ3v) is 5.89. The Morgan fingerprint density at radius 1 is 1.00 bits per heavy atom. The number of nitrogens with two attached hydrogens (primary N) is 1. The predicted octanol–water partition coefficient (Wildman–Crippen LogP) is 1.05. The number of anilines is 2. The van der Waals surface area contributed by atoms with Crippen LogP contribution in [0.15, 0.2) is 52.3 Å². The lowest BCUT2D eigenvalue weighted by atomic mass is 10.3. The zero-order valence-electron chi connectivity index (χ0n) is 11.9. The molecule has 10 heteroatoms. The molecular weight excluding hydrogens is 344 g/mol. The van der Waals surface area contributed by atoms with Crippen molar-refractivity contribution in [1.29, 1.82) is 0 Å². The Balaban J connectivity index is 2.47. The summed E-state index contributed by atoms with van der Waals surface area (Å²) in [4.78, 5) is -0.636. The van der Waals surface area contributed by atoms with Gasteiger partial charge in [-0.25, -0.2) is 8.42 Å². The lowest BCUT2D eigenvalue weighted by molar-refractivity contribution is 0.476. The number of phenols is 1. The highest BCUT2D eigenvalue weighted by Crippen LogP contribution is 2.31. The van der Waals surface area contributed by atoms with E-state index < -0.39 is 20.1 Å². The molecule has 0 unspecified atom stereocenters. The molecule has 124 valence electrons. The average Bonchev–Trinajstić information content (AvgIpc) is 2.48. The van der Waals surface area contributed by atoms with Crippen molar-refractivity contribution in [3.05, 3.63) is 42.5 Å². The van der Waals surface area contributed by atoms with Crippen LogP contribution < -0.4 is 10.0 Å². The second-order valence-corrected chi connectivity index (χ2v) is 7.99. The summed E-state index contributed by atoms with van der Waals surface area (Å²) >= 11 is 0. The molecule has 0 fully saturated rings. The fraction of sp³-hybridized carbons (Fsp3) is 0.0769. The van der Waals surface area contributed by atoms with Crippen molar-refractivity contribution < 1.29 is 26.5 Å². The Morgan fingerprint density at radius 2 is 1.57 bits per heavy atom. The molecule has 0 saturated carbocycles. The van der Waals surface area contributed by atoms with E-state index in [4.69, 9.17) is 10.3 Å². The first-order chi connectivity index (χ1) is 10.5. The van der Waals surface area contributed by atoms with E-state index in [1.54, 1.807) is 0 Å². The number of hydrogen-bond donors (Lipinski definition) is 3. The van der Waals surface area contributed by atoms with Crippen LogP contribution in [-0.2, 0) is 20.1 Å². The quantitative estimate of drug-likeness (QED) is 0.422. The first-order valence-corrected chi connectivity index (χ1v) is 9.07. The summed E-state index contributed by atoms with van der Waals surface area (Å²) in [5, 5.41) is 9.54. The monoisotopic (exact) mass is 358 g/mol. The van der Waals surface area contributed by atoms with Gasteiger partial charge in [0, 0.05) is 7.05 Å². The fourth-order valence-electron chi connectivity index (χ4n) is 1.87. The van der Waals surface area contributed by atoms with Crippen molar-refractivity contribution in [3.63, 3.8) is 0 Å². The summed E-state index contributed by atoms with van der Waals surface area (Å²) in [7, 11) is -7.17. The van der Waals surface area contributed by atoms with Crippen molar-refractivity contribution in [2.45, 2.75) is 9.79 Å². The van der Waals surface area contributed by atoms with Gasteiger partial charge in [-0.2, -0.15) is 8.42 Å². The van der Waals surface area contributed by atoms with Crippen LogP contribution in [0.4, 0.5) is 11.4 Å². The number of phenolic OH excluding ortho intramolecular Hbond substituents is 1. The molecular formula is C13H14N2O6S2. The molecule has 2 aromatic carbocycles. The summed E-state index contributed by atoms with van der Waals surface area (Å²) in [5.74, 6) is -0.360. The Kier molecular flexibility index (Phi) is 4.24. The van der Waals surface area contributed by atoms with Gasteiger partial charge in [0.25, 0.3) is 20.1 Å². The maximum absolute atomic E-state index is 12.6. The number of sulfonamides is 1. The van der Waals surface area contributed by atoms with Gasteiger partial charge in [-0.3, -0.25) is 8.86 Å². The minimum atomic E-state index is -4.37. The first kappa shape index (κ1) is 17.1. The number of nitrogens with zero attached hydrogens (tertiary/aromatic N) is 1. The number of benzene rings is 2. The number of rotatable bonds is 4. The molecule has 0 aromatic heterocycles. The Bertz CT molecular complexity index is 937. The highest BCUT2D eigenvalue weighted by molar-refractivity contribution is 7.93. The standard InChI is InChI=1S/C13H14N2O6S2/c1-15(9-5-7-10(8-6-9)23(19,20)21)22(17,18)12-4-2-3-11(16)13(12)14/h2-8,16H,14H2,1H3,(H,19,20,21). The number of hydrogen-bond acceptors (Lipinski definition) is 6. The van der Waals surface area contributed by atoms with Crippen molar-refractivity contribution in [2.75, 3.05) is 17.1 Å². The maximum Gasteiger partial charge on any atom is 0.294 e. The lowest BCUT2D eigenvalue weighted by Gasteiger charge is -2.20. The van der Waals surface area contributed by atoms with E-state index in [9.17, 15) is 21.9 Å². The predicted molar refractivity (Wildman–Crippen MR) is 84.4 cm³/mol. The Labute approximate surface area is 133 Å². The van der Waals surface area contributed by atoms with E-state index >= 15 is 0 Å². The summed E-state index contributed by atoms with van der Waals surface area (Å²) < 4.78 is 56.9. The number of aromatic hydroxyl groups is 1. The molecule has 0 heterocycles. The zero-order valence-corrected chi connectivity index (χ0v) is 13.5. The molecule has 0 saturated heterocycles. The van der Waals surface area contributed by atoms with E-state index in [0.29, 0.717) is 0 Å². The van der Waals surface area contributed by atoms with E-state index in [-0.39, 0.29) is 26.9 Å². The summed E-state index contributed by atoms with van der Waals surface area (Å²) in [6, 6.07) is 8.43. The molecule has 0 aliphatic heterocycles. The van der Waals surface area contributed by atoms with Crippen LogP contribution in [0.2, 0.25) is 0 Å². The number of nitrogen functional groups attached to an aromatic ring is 1. The van der Waals surface area contributed by atoms with Gasteiger partial charge in [0.2, 0.25) is 0 Å². The molecule has 0 aliphatic rings. The smallest absolute Gasteiger partial charge is 0.294 e. The number of para-hydroxylation sites is 1. The molecule has 0 spiro atoms. The maximum atomic E-state index is 12.6. The third-order valence-electron chi connectivity index (χ3n) is 3.18. The second-order valence-electron chi connectivity index (χ2n) is 4.63. The summed E-state index contributed by atoms with van der Waals surface area (Å²) in [6.07, 6.45) is 0. The Hall–Kier alpha value is -2.30. The molecule has 0 aliphatic carbocycles. The molecule has 4 N–H and O–H groups in total. The molecule has 0 amide bonds. The van der Waals surface area contributed by atoms with Crippen molar-refractivity contribution in [1.82, 2.24) is 0 Å². The van der Waals surface area contributed by atoms with Gasteiger partial charge in [0.1, 0.15) is 10.6 Å². The van der Waals surface area contributed by atoms with Crippen LogP contribution in [0.5, 0.6) is 5.75 Å². The highest BCUT2D eigenvalue weighted by atomic mass is 32.2. The molecule has 2 rings (SSSR count). The van der Waals surface area contributed by atoms with Crippen molar-refractivity contribution in [2.24, 2.45) is 0 Å². The lowest BCUT2D eigenvalue weighted by Crippen LogP contribution is -2.27. The van der Waals surface area contributed by atoms with Crippen LogP contribution in [0.25, 0.3) is 0 Å². The van der Waals surface area contributed by atoms with Crippen LogP contribution in [0, 0.1) is 0 Å². The van der Waals surface area contributed by atoms with E-state index in [1.165, 1.54) is 37.4 Å². The minimum Gasteiger partial charge on any atom is -0.506 e. The van der Waals surface area contributed by atoms with Crippen LogP contribution >= 0.6 is 0 Å². The molecule has 2 aromatic rings. The normalized spacial score (nSPS) is 12.1. The zero-order chi connectivity index (χ0) is 17.4. The highest BCUT2D eigenvalue weighted by Gasteiger charge is 2.25. The molecule has 8 nitrogen and oxygen atoms in total.